The van der Waals surface area contributed by atoms with Crippen LogP contribution in [0.15, 0.2) is 9.59 Å². The van der Waals surface area contributed by atoms with E-state index in [1.54, 1.807) is 7.05 Å². The molecule has 2 aromatic heterocycles. The maximum atomic E-state index is 12.1. The van der Waals surface area contributed by atoms with Crippen LogP contribution in [0.5, 0.6) is 0 Å². The van der Waals surface area contributed by atoms with E-state index in [-0.39, 0.29) is 17.5 Å². The highest BCUT2D eigenvalue weighted by Gasteiger charge is 2.20. The summed E-state index contributed by atoms with van der Waals surface area (Å²) in [4.78, 5) is 35.3. The average molecular weight is 266 g/mol. The van der Waals surface area contributed by atoms with Crippen LogP contribution >= 0.6 is 0 Å². The largest absolute Gasteiger partial charge is 0.469 e. The van der Waals surface area contributed by atoms with Gasteiger partial charge in [0.05, 0.1) is 19.2 Å². The lowest BCUT2D eigenvalue weighted by molar-refractivity contribution is -0.139. The van der Waals surface area contributed by atoms with Gasteiger partial charge < -0.3 is 4.74 Å². The molecule has 0 saturated heterocycles. The maximum absolute atomic E-state index is 12.1. The quantitative estimate of drug-likeness (QED) is 0.629. The fraction of sp³-hybridized carbons (Fsp3) is 0.455. The van der Waals surface area contributed by atoms with Crippen LogP contribution in [0.25, 0.3) is 11.0 Å². The van der Waals surface area contributed by atoms with Crippen LogP contribution < -0.4 is 11.2 Å². The lowest BCUT2D eigenvalue weighted by atomic mass is 10.2. The highest BCUT2D eigenvalue weighted by Crippen LogP contribution is 2.12. The smallest absolute Gasteiger partial charge is 0.332 e. The van der Waals surface area contributed by atoms with Crippen molar-refractivity contribution in [3.05, 3.63) is 26.5 Å². The van der Waals surface area contributed by atoms with E-state index in [1.165, 1.54) is 30.5 Å². The monoisotopic (exact) mass is 266 g/mol. The molecule has 8 heteroatoms. The number of hydrogen-bond donors (Lipinski definition) is 0. The van der Waals surface area contributed by atoms with E-state index < -0.39 is 17.2 Å². The predicted molar refractivity (Wildman–Crippen MR) is 66.9 cm³/mol. The van der Waals surface area contributed by atoms with E-state index in [0.29, 0.717) is 5.69 Å². The Morgan fingerprint density at radius 2 is 1.84 bits per heavy atom. The van der Waals surface area contributed by atoms with Crippen LogP contribution in [-0.2, 0) is 37.1 Å². The fourth-order valence-corrected chi connectivity index (χ4v) is 1.98. The molecule has 2 rings (SSSR count). The van der Waals surface area contributed by atoms with Gasteiger partial charge in [0.1, 0.15) is 5.39 Å². The van der Waals surface area contributed by atoms with Crippen molar-refractivity contribution in [1.29, 1.82) is 0 Å². The van der Waals surface area contributed by atoms with Crippen molar-refractivity contribution in [3.63, 3.8) is 0 Å². The zero-order chi connectivity index (χ0) is 14.3. The SMILES string of the molecule is COC(=O)Cc1c2c(=O)n(C)c(=O)n(C)c2nn1C. The normalized spacial score (nSPS) is 10.9. The first kappa shape index (κ1) is 13.1. The Morgan fingerprint density at radius 3 is 2.42 bits per heavy atom. The number of methoxy groups -OCH3 is 1. The van der Waals surface area contributed by atoms with E-state index >= 15 is 0 Å². The third-order valence-corrected chi connectivity index (χ3v) is 3.10. The van der Waals surface area contributed by atoms with Crippen LogP contribution in [0.1, 0.15) is 5.69 Å². The third kappa shape index (κ3) is 1.85. The molecule has 0 amide bonds. The van der Waals surface area contributed by atoms with Crippen molar-refractivity contribution in [1.82, 2.24) is 18.9 Å². The molecule has 19 heavy (non-hydrogen) atoms. The van der Waals surface area contributed by atoms with Gasteiger partial charge in [-0.3, -0.25) is 23.4 Å². The summed E-state index contributed by atoms with van der Waals surface area (Å²) < 4.78 is 8.28. The molecule has 0 aliphatic rings. The van der Waals surface area contributed by atoms with Crippen molar-refractivity contribution >= 4 is 17.0 Å². The Balaban J connectivity index is 2.87. The topological polar surface area (TPSA) is 88.1 Å². The highest BCUT2D eigenvalue weighted by molar-refractivity contribution is 5.83. The van der Waals surface area contributed by atoms with Gasteiger partial charge in [-0.1, -0.05) is 0 Å². The van der Waals surface area contributed by atoms with Gasteiger partial charge in [0.2, 0.25) is 0 Å². The Bertz CT molecular complexity index is 781. The standard InChI is InChI=1S/C11H14N4O4/c1-13-9-8(10(17)14(2)11(13)18)6(15(3)12-9)5-7(16)19-4/h5H2,1-4H3. The third-order valence-electron chi connectivity index (χ3n) is 3.10. The number of carbonyl (C=O) groups excluding carboxylic acids is 1. The number of ether oxygens (including phenoxy) is 1. The zero-order valence-electron chi connectivity index (χ0n) is 11.1. The predicted octanol–water partition coefficient (Wildman–Crippen LogP) is -1.31. The van der Waals surface area contributed by atoms with Gasteiger partial charge in [-0.15, -0.1) is 0 Å². The molecule has 102 valence electrons. The van der Waals surface area contributed by atoms with Gasteiger partial charge in [-0.05, 0) is 0 Å². The number of esters is 1. The van der Waals surface area contributed by atoms with Gasteiger partial charge in [-0.2, -0.15) is 5.10 Å². The van der Waals surface area contributed by atoms with Gasteiger partial charge >= 0.3 is 11.7 Å². The van der Waals surface area contributed by atoms with Gasteiger partial charge in [0, 0.05) is 21.1 Å². The Labute approximate surface area is 107 Å². The van der Waals surface area contributed by atoms with E-state index in [2.05, 4.69) is 9.84 Å². The lowest BCUT2D eigenvalue weighted by Gasteiger charge is -2.03. The number of carbonyl (C=O) groups is 1. The van der Waals surface area contributed by atoms with Crippen molar-refractivity contribution in [2.45, 2.75) is 6.42 Å². The van der Waals surface area contributed by atoms with Crippen LogP contribution in [0, 0.1) is 0 Å². The molecular formula is C11H14N4O4. The molecule has 0 aromatic carbocycles. The molecule has 0 aliphatic heterocycles. The number of hydrogen-bond acceptors (Lipinski definition) is 5. The molecule has 0 fully saturated rings. The summed E-state index contributed by atoms with van der Waals surface area (Å²) in [5.74, 6) is -0.471. The minimum atomic E-state index is -0.471. The molecule has 0 saturated carbocycles. The van der Waals surface area contributed by atoms with E-state index in [0.717, 1.165) is 4.57 Å². The second kappa shape index (κ2) is 4.38. The minimum Gasteiger partial charge on any atom is -0.469 e. The van der Waals surface area contributed by atoms with Gasteiger partial charge in [0.25, 0.3) is 5.56 Å². The van der Waals surface area contributed by atoms with Crippen LogP contribution in [0.2, 0.25) is 0 Å². The molecule has 0 radical (unpaired) electrons. The fourth-order valence-electron chi connectivity index (χ4n) is 1.98. The molecule has 0 bridgehead atoms. The summed E-state index contributed by atoms with van der Waals surface area (Å²) in [5, 5.41) is 4.38. The second-order valence-corrected chi connectivity index (χ2v) is 4.23. The van der Waals surface area contributed by atoms with E-state index in [4.69, 9.17) is 0 Å². The number of fused-ring (bicyclic) bond motifs is 1. The van der Waals surface area contributed by atoms with Crippen molar-refractivity contribution in [2.75, 3.05) is 7.11 Å². The summed E-state index contributed by atoms with van der Waals surface area (Å²) in [6, 6.07) is 0. The van der Waals surface area contributed by atoms with Crippen molar-refractivity contribution in [3.8, 4) is 0 Å². The first-order chi connectivity index (χ1) is 8.88. The maximum Gasteiger partial charge on any atom is 0.332 e. The summed E-state index contributed by atoms with van der Waals surface area (Å²) in [6.45, 7) is 0. The van der Waals surface area contributed by atoms with Crippen molar-refractivity contribution in [2.24, 2.45) is 21.1 Å². The summed E-state index contributed by atoms with van der Waals surface area (Å²) in [7, 11) is 5.80. The van der Waals surface area contributed by atoms with Crippen LogP contribution in [-0.4, -0.2) is 32.0 Å². The Morgan fingerprint density at radius 1 is 1.21 bits per heavy atom. The summed E-state index contributed by atoms with van der Waals surface area (Å²) in [5.41, 5.74) is -0.238. The number of rotatable bonds is 2. The molecule has 0 atom stereocenters. The molecule has 0 unspecified atom stereocenters. The lowest BCUT2D eigenvalue weighted by Crippen LogP contribution is -2.37. The van der Waals surface area contributed by atoms with E-state index in [1.807, 2.05) is 0 Å². The summed E-state index contributed by atoms with van der Waals surface area (Å²) in [6.07, 6.45) is -0.0725. The van der Waals surface area contributed by atoms with Crippen LogP contribution in [0.3, 0.4) is 0 Å². The second-order valence-electron chi connectivity index (χ2n) is 4.23. The minimum absolute atomic E-state index is 0.0725. The zero-order valence-corrected chi connectivity index (χ0v) is 11.1. The van der Waals surface area contributed by atoms with Crippen LogP contribution in [0.4, 0.5) is 0 Å². The average Bonchev–Trinajstić information content (AvgIpc) is 2.71. The molecule has 8 nitrogen and oxygen atoms in total. The highest BCUT2D eigenvalue weighted by atomic mass is 16.5. The van der Waals surface area contributed by atoms with E-state index in [9.17, 15) is 14.4 Å². The van der Waals surface area contributed by atoms with Gasteiger partial charge in [0.15, 0.2) is 5.65 Å². The molecule has 2 heterocycles. The number of aryl methyl sites for hydroxylation is 2. The molecular weight excluding hydrogens is 252 g/mol. The summed E-state index contributed by atoms with van der Waals surface area (Å²) >= 11 is 0. The number of aromatic nitrogens is 4. The molecule has 0 N–H and O–H groups in total. The number of nitrogens with zero attached hydrogens (tertiary/aromatic N) is 4. The Hall–Kier alpha value is -2.38. The molecule has 2 aromatic rings. The molecule has 0 spiro atoms. The Kier molecular flexibility index (Phi) is 3.01. The first-order valence-electron chi connectivity index (χ1n) is 5.57. The first-order valence-corrected chi connectivity index (χ1v) is 5.57. The van der Waals surface area contributed by atoms with Gasteiger partial charge in [-0.25, -0.2) is 4.79 Å². The van der Waals surface area contributed by atoms with Crippen molar-refractivity contribution < 1.29 is 9.53 Å². The molecule has 0 aliphatic carbocycles.